The molecule has 1 saturated heterocycles. The fourth-order valence-corrected chi connectivity index (χ4v) is 3.27. The van der Waals surface area contributed by atoms with Crippen LogP contribution in [-0.2, 0) is 28.5 Å². The summed E-state index contributed by atoms with van der Waals surface area (Å²) in [6.07, 6.45) is -1.83. The van der Waals surface area contributed by atoms with Gasteiger partial charge >= 0.3 is 19.1 Å². The first kappa shape index (κ1) is 27.4. The van der Waals surface area contributed by atoms with Crippen LogP contribution in [0.3, 0.4) is 0 Å². The second kappa shape index (κ2) is 11.5. The van der Waals surface area contributed by atoms with Crippen molar-refractivity contribution in [3.8, 4) is 11.8 Å². The van der Waals surface area contributed by atoms with Crippen LogP contribution < -0.4 is 10.6 Å². The van der Waals surface area contributed by atoms with Gasteiger partial charge in [-0.1, -0.05) is 43.4 Å². The lowest BCUT2D eigenvalue weighted by atomic mass is 9.74. The molecule has 2 amide bonds. The zero-order chi connectivity index (χ0) is 26.3. The van der Waals surface area contributed by atoms with E-state index < -0.39 is 67.8 Å². The molecule has 1 aliphatic heterocycles. The summed E-state index contributed by atoms with van der Waals surface area (Å²) in [4.78, 5) is 60.3. The molecule has 2 unspecified atom stereocenters. The van der Waals surface area contributed by atoms with Crippen LogP contribution in [0.4, 0.5) is 0 Å². The Morgan fingerprint density at radius 3 is 2.46 bits per heavy atom. The van der Waals surface area contributed by atoms with E-state index in [1.165, 1.54) is 0 Å². The number of carboxylic acid groups (broad SMARTS) is 2. The molecule has 2 rings (SSSR count). The van der Waals surface area contributed by atoms with Gasteiger partial charge in [0.15, 0.2) is 5.60 Å². The Bertz CT molecular complexity index is 1090. The standard InChI is InChI=1S/C23H27BN2O9/c1-13(2)5-8-17(24-34-20(30)11-23(35-24,22(32)33)10-19(28)29)26-18(27)12-25-21(31)16-9-14(3)6-7-15(16)4/h6-7,9,13,17H,10-12H2,1-4H3,(H,25,31)(H,26,27)(H,28,29)(H,32,33). The van der Waals surface area contributed by atoms with Gasteiger partial charge in [-0.3, -0.25) is 19.2 Å². The van der Waals surface area contributed by atoms with Crippen LogP contribution in [0.1, 0.15) is 48.2 Å². The summed E-state index contributed by atoms with van der Waals surface area (Å²) < 4.78 is 10.5. The summed E-state index contributed by atoms with van der Waals surface area (Å²) in [6.45, 7) is 6.65. The zero-order valence-electron chi connectivity index (χ0n) is 19.8. The van der Waals surface area contributed by atoms with Crippen LogP contribution >= 0.6 is 0 Å². The fourth-order valence-electron chi connectivity index (χ4n) is 3.27. The average molecular weight is 486 g/mol. The highest BCUT2D eigenvalue weighted by molar-refractivity contribution is 6.51. The molecule has 0 spiro atoms. The minimum absolute atomic E-state index is 0.166. The van der Waals surface area contributed by atoms with E-state index >= 15 is 0 Å². The Kier molecular flexibility index (Phi) is 9.02. The van der Waals surface area contributed by atoms with Gasteiger partial charge in [-0.15, -0.1) is 0 Å². The van der Waals surface area contributed by atoms with Gasteiger partial charge in [0.05, 0.1) is 19.4 Å². The first-order valence-corrected chi connectivity index (χ1v) is 10.8. The number of hydrogen-bond acceptors (Lipinski definition) is 7. The zero-order valence-corrected chi connectivity index (χ0v) is 19.8. The van der Waals surface area contributed by atoms with Crippen molar-refractivity contribution < 1.29 is 43.5 Å². The minimum atomic E-state index is -2.38. The quantitative estimate of drug-likeness (QED) is 0.301. The third kappa shape index (κ3) is 7.58. The topological polar surface area (TPSA) is 168 Å². The summed E-state index contributed by atoms with van der Waals surface area (Å²) in [5.74, 6) is -1.40. The lowest BCUT2D eigenvalue weighted by Crippen LogP contribution is -2.61. The summed E-state index contributed by atoms with van der Waals surface area (Å²) in [6, 6.07) is 5.31. The number of benzene rings is 1. The molecule has 12 heteroatoms. The number of aryl methyl sites for hydroxylation is 2. The predicted octanol–water partition coefficient (Wildman–Crippen LogP) is 0.466. The molecule has 35 heavy (non-hydrogen) atoms. The van der Waals surface area contributed by atoms with Crippen LogP contribution in [0, 0.1) is 31.6 Å². The molecule has 0 radical (unpaired) electrons. The van der Waals surface area contributed by atoms with E-state index in [1.807, 2.05) is 13.0 Å². The molecule has 0 bridgehead atoms. The number of amides is 2. The van der Waals surface area contributed by atoms with Gasteiger partial charge in [-0.25, -0.2) is 4.79 Å². The van der Waals surface area contributed by atoms with Crippen molar-refractivity contribution in [2.75, 3.05) is 6.54 Å². The summed E-state index contributed by atoms with van der Waals surface area (Å²) in [7, 11) is -1.68. The molecule has 4 N–H and O–H groups in total. The van der Waals surface area contributed by atoms with Crippen molar-refractivity contribution in [1.82, 2.24) is 10.6 Å². The number of carboxylic acids is 2. The smallest absolute Gasteiger partial charge is 0.508 e. The molecule has 186 valence electrons. The van der Waals surface area contributed by atoms with Crippen molar-refractivity contribution >= 4 is 36.8 Å². The number of hydrogen-bond donors (Lipinski definition) is 4. The molecular weight excluding hydrogens is 459 g/mol. The van der Waals surface area contributed by atoms with E-state index in [0.717, 1.165) is 11.1 Å². The monoisotopic (exact) mass is 486 g/mol. The van der Waals surface area contributed by atoms with Crippen LogP contribution in [0.15, 0.2) is 18.2 Å². The van der Waals surface area contributed by atoms with E-state index in [4.69, 9.17) is 14.4 Å². The highest BCUT2D eigenvalue weighted by Crippen LogP contribution is 2.29. The minimum Gasteiger partial charge on any atom is -0.508 e. The maximum Gasteiger partial charge on any atom is 0.565 e. The number of rotatable bonds is 8. The second-order valence-electron chi connectivity index (χ2n) is 8.51. The lowest BCUT2D eigenvalue weighted by Gasteiger charge is -2.36. The van der Waals surface area contributed by atoms with Gasteiger partial charge in [0, 0.05) is 11.5 Å². The molecule has 11 nitrogen and oxygen atoms in total. The molecule has 1 heterocycles. The molecule has 1 aliphatic rings. The van der Waals surface area contributed by atoms with Crippen molar-refractivity contribution in [2.24, 2.45) is 5.92 Å². The first-order chi connectivity index (χ1) is 16.3. The van der Waals surface area contributed by atoms with Crippen LogP contribution in [-0.4, -0.2) is 65.1 Å². The number of aliphatic carboxylic acids is 2. The van der Waals surface area contributed by atoms with Crippen molar-refractivity contribution in [2.45, 2.75) is 52.1 Å². The molecule has 0 saturated carbocycles. The maximum atomic E-state index is 12.6. The number of nitrogens with one attached hydrogen (secondary N) is 2. The van der Waals surface area contributed by atoms with Gasteiger partial charge in [-0.05, 0) is 25.5 Å². The summed E-state index contributed by atoms with van der Waals surface area (Å²) >= 11 is 0. The van der Waals surface area contributed by atoms with Crippen LogP contribution in [0.2, 0.25) is 0 Å². The third-order valence-corrected chi connectivity index (χ3v) is 5.01. The summed E-state index contributed by atoms with van der Waals surface area (Å²) in [5, 5.41) is 23.7. The first-order valence-electron chi connectivity index (χ1n) is 10.8. The SMILES string of the molecule is Cc1ccc(C)c(C(=O)NCC(=O)NC(C#CC(C)C)B2OC(=O)CC(CC(=O)O)(C(=O)O)O2)c1. The largest absolute Gasteiger partial charge is 0.565 e. The molecule has 0 aliphatic carbocycles. The Morgan fingerprint density at radius 2 is 1.86 bits per heavy atom. The molecule has 1 aromatic rings. The Morgan fingerprint density at radius 1 is 1.17 bits per heavy atom. The van der Waals surface area contributed by atoms with Gasteiger partial charge in [-0.2, -0.15) is 0 Å². The second-order valence-corrected chi connectivity index (χ2v) is 8.51. The Balaban J connectivity index is 2.19. The van der Waals surface area contributed by atoms with Gasteiger partial charge in [0.1, 0.15) is 5.94 Å². The molecule has 1 fully saturated rings. The van der Waals surface area contributed by atoms with E-state index in [0.29, 0.717) is 5.56 Å². The third-order valence-electron chi connectivity index (χ3n) is 5.01. The Labute approximate surface area is 202 Å². The predicted molar refractivity (Wildman–Crippen MR) is 123 cm³/mol. The summed E-state index contributed by atoms with van der Waals surface area (Å²) in [5.41, 5.74) is -0.391. The van der Waals surface area contributed by atoms with Crippen molar-refractivity contribution in [1.29, 1.82) is 0 Å². The normalized spacial score (nSPS) is 18.1. The fraction of sp³-hybridized carbons (Fsp3) is 0.435. The molecule has 0 aromatic heterocycles. The maximum absolute atomic E-state index is 12.6. The van der Waals surface area contributed by atoms with E-state index in [-0.39, 0.29) is 5.92 Å². The number of carbonyl (C=O) groups excluding carboxylic acids is 3. The molecule has 1 aromatic carbocycles. The van der Waals surface area contributed by atoms with Gasteiger partial charge < -0.3 is 30.2 Å². The van der Waals surface area contributed by atoms with E-state index in [2.05, 4.69) is 22.5 Å². The van der Waals surface area contributed by atoms with Crippen LogP contribution in [0.25, 0.3) is 0 Å². The molecular formula is C23H27BN2O9. The number of carbonyl (C=O) groups is 5. The van der Waals surface area contributed by atoms with Crippen molar-refractivity contribution in [3.63, 3.8) is 0 Å². The lowest BCUT2D eigenvalue weighted by molar-refractivity contribution is -0.175. The van der Waals surface area contributed by atoms with E-state index in [9.17, 15) is 29.1 Å². The Hall–Kier alpha value is -3.85. The van der Waals surface area contributed by atoms with Gasteiger partial charge in [0.25, 0.3) is 11.9 Å². The molecule has 2 atom stereocenters. The van der Waals surface area contributed by atoms with Gasteiger partial charge in [0.2, 0.25) is 5.91 Å². The average Bonchev–Trinajstić information content (AvgIpc) is 2.75. The van der Waals surface area contributed by atoms with E-state index in [1.54, 1.807) is 32.9 Å². The van der Waals surface area contributed by atoms with Crippen molar-refractivity contribution in [3.05, 3.63) is 34.9 Å². The highest BCUT2D eigenvalue weighted by atomic mass is 16.6. The highest BCUT2D eigenvalue weighted by Gasteiger charge is 2.54. The van der Waals surface area contributed by atoms with Crippen LogP contribution in [0.5, 0.6) is 0 Å².